The molecule has 2 heterocycles. The van der Waals surface area contributed by atoms with E-state index in [2.05, 4.69) is 9.88 Å². The van der Waals surface area contributed by atoms with E-state index in [1.165, 1.54) is 0 Å². The van der Waals surface area contributed by atoms with E-state index in [-0.39, 0.29) is 11.8 Å². The summed E-state index contributed by atoms with van der Waals surface area (Å²) in [4.78, 5) is 6.25. The molecule has 0 aliphatic carbocycles. The van der Waals surface area contributed by atoms with Crippen LogP contribution < -0.4 is 4.90 Å². The number of aromatic nitrogens is 1. The van der Waals surface area contributed by atoms with Gasteiger partial charge in [-0.2, -0.15) is 5.26 Å². The quantitative estimate of drug-likeness (QED) is 0.806. The van der Waals surface area contributed by atoms with Gasteiger partial charge in [0, 0.05) is 13.1 Å². The minimum Gasteiger partial charge on any atom is -0.393 e. The highest BCUT2D eigenvalue weighted by Gasteiger charge is 2.18. The van der Waals surface area contributed by atoms with Crippen LogP contribution in [0, 0.1) is 11.3 Å². The highest BCUT2D eigenvalue weighted by Crippen LogP contribution is 2.21. The zero-order chi connectivity index (χ0) is 11.5. The Morgan fingerprint density at radius 2 is 2.12 bits per heavy atom. The highest BCUT2D eigenvalue weighted by atomic mass is 35.5. The average Bonchev–Trinajstić information content (AvgIpc) is 2.31. The van der Waals surface area contributed by atoms with Crippen LogP contribution in [0.2, 0.25) is 5.02 Å². The van der Waals surface area contributed by atoms with E-state index in [9.17, 15) is 5.11 Å². The maximum Gasteiger partial charge on any atom is 0.161 e. The first kappa shape index (κ1) is 11.2. The molecule has 1 fully saturated rings. The highest BCUT2D eigenvalue weighted by molar-refractivity contribution is 6.31. The molecule has 0 aromatic carbocycles. The van der Waals surface area contributed by atoms with Crippen molar-refractivity contribution in [2.24, 2.45) is 0 Å². The standard InChI is InChI=1S/C11H12ClN3O/c12-9-1-2-11(14-10(9)7-13)15-5-3-8(16)4-6-15/h1-2,8,16H,3-6H2. The molecule has 0 unspecified atom stereocenters. The smallest absolute Gasteiger partial charge is 0.161 e. The van der Waals surface area contributed by atoms with Crippen molar-refractivity contribution in [2.45, 2.75) is 18.9 Å². The second-order valence-electron chi connectivity index (χ2n) is 3.83. The van der Waals surface area contributed by atoms with Crippen molar-refractivity contribution in [3.63, 3.8) is 0 Å². The van der Waals surface area contributed by atoms with E-state index >= 15 is 0 Å². The van der Waals surface area contributed by atoms with Gasteiger partial charge in [-0.3, -0.25) is 0 Å². The first-order valence-electron chi connectivity index (χ1n) is 5.20. The zero-order valence-electron chi connectivity index (χ0n) is 8.73. The van der Waals surface area contributed by atoms with E-state index < -0.39 is 0 Å². The molecule has 0 bridgehead atoms. The van der Waals surface area contributed by atoms with Gasteiger partial charge in [-0.15, -0.1) is 0 Å². The molecular formula is C11H12ClN3O. The number of aliphatic hydroxyl groups excluding tert-OH is 1. The first-order valence-corrected chi connectivity index (χ1v) is 5.58. The third-order valence-corrected chi connectivity index (χ3v) is 3.03. The van der Waals surface area contributed by atoms with E-state index in [1.54, 1.807) is 12.1 Å². The largest absolute Gasteiger partial charge is 0.393 e. The van der Waals surface area contributed by atoms with Gasteiger partial charge in [0.25, 0.3) is 0 Å². The molecule has 1 N–H and O–H groups in total. The minimum atomic E-state index is -0.209. The van der Waals surface area contributed by atoms with Gasteiger partial charge in [-0.25, -0.2) is 4.98 Å². The fraction of sp³-hybridized carbons (Fsp3) is 0.455. The molecular weight excluding hydrogens is 226 g/mol. The van der Waals surface area contributed by atoms with Crippen LogP contribution in [-0.2, 0) is 0 Å². The van der Waals surface area contributed by atoms with Gasteiger partial charge in [0.15, 0.2) is 5.69 Å². The van der Waals surface area contributed by atoms with E-state index in [4.69, 9.17) is 16.9 Å². The molecule has 16 heavy (non-hydrogen) atoms. The lowest BCUT2D eigenvalue weighted by molar-refractivity contribution is 0.145. The Morgan fingerprint density at radius 3 is 2.75 bits per heavy atom. The summed E-state index contributed by atoms with van der Waals surface area (Å²) in [6, 6.07) is 5.46. The summed E-state index contributed by atoms with van der Waals surface area (Å²) in [5.74, 6) is 0.757. The summed E-state index contributed by atoms with van der Waals surface area (Å²) < 4.78 is 0. The fourth-order valence-corrected chi connectivity index (χ4v) is 1.93. The third kappa shape index (κ3) is 2.26. The fourth-order valence-electron chi connectivity index (χ4n) is 1.78. The molecule has 1 saturated heterocycles. The number of aliphatic hydroxyl groups is 1. The Labute approximate surface area is 99.1 Å². The Kier molecular flexibility index (Phi) is 3.28. The molecule has 0 atom stereocenters. The summed E-state index contributed by atoms with van der Waals surface area (Å²) in [7, 11) is 0. The van der Waals surface area contributed by atoms with Gasteiger partial charge in [0.2, 0.25) is 0 Å². The van der Waals surface area contributed by atoms with E-state index in [0.717, 1.165) is 31.7 Å². The number of hydrogen-bond acceptors (Lipinski definition) is 4. The topological polar surface area (TPSA) is 60.2 Å². The number of nitriles is 1. The van der Waals surface area contributed by atoms with Crippen LogP contribution >= 0.6 is 11.6 Å². The lowest BCUT2D eigenvalue weighted by Gasteiger charge is -2.30. The van der Waals surface area contributed by atoms with Crippen LogP contribution in [0.3, 0.4) is 0 Å². The Morgan fingerprint density at radius 1 is 1.44 bits per heavy atom. The van der Waals surface area contributed by atoms with Crippen LogP contribution in [0.25, 0.3) is 0 Å². The lowest BCUT2D eigenvalue weighted by Crippen LogP contribution is -2.36. The maximum atomic E-state index is 9.40. The van der Waals surface area contributed by atoms with Crippen molar-refractivity contribution >= 4 is 17.4 Å². The van der Waals surface area contributed by atoms with Crippen LogP contribution in [0.1, 0.15) is 18.5 Å². The van der Waals surface area contributed by atoms with Gasteiger partial charge in [0.1, 0.15) is 11.9 Å². The van der Waals surface area contributed by atoms with Crippen LogP contribution in [0.4, 0.5) is 5.82 Å². The van der Waals surface area contributed by atoms with Crippen molar-refractivity contribution in [3.8, 4) is 6.07 Å². The van der Waals surface area contributed by atoms with Crippen LogP contribution in [0.15, 0.2) is 12.1 Å². The molecule has 0 amide bonds. The second-order valence-corrected chi connectivity index (χ2v) is 4.24. The van der Waals surface area contributed by atoms with Crippen LogP contribution in [-0.4, -0.2) is 29.3 Å². The van der Waals surface area contributed by atoms with Crippen molar-refractivity contribution in [1.29, 1.82) is 5.26 Å². The van der Waals surface area contributed by atoms with Gasteiger partial charge < -0.3 is 10.0 Å². The van der Waals surface area contributed by atoms with E-state index in [0.29, 0.717) is 5.02 Å². The Bertz CT molecular complexity index is 422. The van der Waals surface area contributed by atoms with Gasteiger partial charge in [0.05, 0.1) is 11.1 Å². The van der Waals surface area contributed by atoms with Crippen molar-refractivity contribution in [1.82, 2.24) is 4.98 Å². The lowest BCUT2D eigenvalue weighted by atomic mass is 10.1. The van der Waals surface area contributed by atoms with Gasteiger partial charge in [-0.05, 0) is 25.0 Å². The molecule has 1 aliphatic heterocycles. The number of piperidine rings is 1. The summed E-state index contributed by atoms with van der Waals surface area (Å²) in [6.45, 7) is 1.53. The first-order chi connectivity index (χ1) is 7.70. The number of rotatable bonds is 1. The molecule has 1 aromatic rings. The van der Waals surface area contributed by atoms with Gasteiger partial charge >= 0.3 is 0 Å². The maximum absolute atomic E-state index is 9.40. The summed E-state index contributed by atoms with van der Waals surface area (Å²) >= 11 is 5.81. The van der Waals surface area contributed by atoms with Crippen molar-refractivity contribution in [2.75, 3.05) is 18.0 Å². The number of halogens is 1. The molecule has 2 rings (SSSR count). The number of nitrogens with zero attached hydrogens (tertiary/aromatic N) is 3. The van der Waals surface area contributed by atoms with Crippen LogP contribution in [0.5, 0.6) is 0 Å². The summed E-state index contributed by atoms with van der Waals surface area (Å²) in [6.07, 6.45) is 1.28. The van der Waals surface area contributed by atoms with Crippen molar-refractivity contribution in [3.05, 3.63) is 22.8 Å². The Hall–Kier alpha value is -1.31. The summed E-state index contributed by atoms with van der Waals surface area (Å²) in [5, 5.41) is 18.6. The molecule has 0 spiro atoms. The normalized spacial score (nSPS) is 17.2. The molecule has 4 nitrogen and oxygen atoms in total. The predicted molar refractivity (Wildman–Crippen MR) is 61.4 cm³/mol. The SMILES string of the molecule is N#Cc1nc(N2CCC(O)CC2)ccc1Cl. The minimum absolute atomic E-state index is 0.209. The van der Waals surface area contributed by atoms with E-state index in [1.807, 2.05) is 6.07 Å². The second kappa shape index (κ2) is 4.69. The predicted octanol–water partition coefficient (Wildman–Crippen LogP) is 1.57. The molecule has 0 saturated carbocycles. The molecule has 1 aliphatic rings. The number of anilines is 1. The third-order valence-electron chi connectivity index (χ3n) is 2.73. The molecule has 1 aromatic heterocycles. The molecule has 5 heteroatoms. The number of pyridine rings is 1. The number of hydrogen-bond donors (Lipinski definition) is 1. The zero-order valence-corrected chi connectivity index (χ0v) is 9.48. The monoisotopic (exact) mass is 237 g/mol. The molecule has 0 radical (unpaired) electrons. The van der Waals surface area contributed by atoms with Gasteiger partial charge in [-0.1, -0.05) is 11.6 Å². The Balaban J connectivity index is 2.18. The van der Waals surface area contributed by atoms with Crippen molar-refractivity contribution < 1.29 is 5.11 Å². The average molecular weight is 238 g/mol. The molecule has 84 valence electrons. The summed E-state index contributed by atoms with van der Waals surface area (Å²) in [5.41, 5.74) is 0.255.